The first kappa shape index (κ1) is 8.50. The van der Waals surface area contributed by atoms with Gasteiger partial charge in [-0.3, -0.25) is 4.68 Å². The minimum absolute atomic E-state index is 1.05. The van der Waals surface area contributed by atoms with Gasteiger partial charge in [-0.25, -0.2) is 0 Å². The van der Waals surface area contributed by atoms with E-state index in [1.165, 1.54) is 8.96 Å². The third-order valence-electron chi connectivity index (χ3n) is 1.69. The average molecular weight is 337 g/mol. The number of hydrogen-bond acceptors (Lipinski definition) is 1. The van der Waals surface area contributed by atoms with Crippen molar-refractivity contribution in [3.8, 4) is 0 Å². The zero-order valence-electron chi connectivity index (χ0n) is 6.38. The van der Waals surface area contributed by atoms with Gasteiger partial charge in [0.15, 0.2) is 0 Å². The number of aryl methyl sites for hydroxylation is 1. The lowest BCUT2D eigenvalue weighted by Gasteiger charge is -1.94. The van der Waals surface area contributed by atoms with E-state index in [2.05, 4.69) is 43.6 Å². The van der Waals surface area contributed by atoms with Crippen LogP contribution >= 0.6 is 38.5 Å². The molecule has 1 aromatic heterocycles. The van der Waals surface area contributed by atoms with E-state index in [1.54, 1.807) is 0 Å². The Hall–Kier alpha value is -0.100. The molecular weight excluding hydrogens is 331 g/mol. The van der Waals surface area contributed by atoms with Gasteiger partial charge in [0.25, 0.3) is 0 Å². The van der Waals surface area contributed by atoms with E-state index in [4.69, 9.17) is 0 Å². The number of nitrogens with zero attached hydrogens (tertiary/aromatic N) is 2. The Morgan fingerprint density at radius 3 is 3.00 bits per heavy atom. The van der Waals surface area contributed by atoms with Crippen molar-refractivity contribution in [2.24, 2.45) is 7.05 Å². The molecule has 0 amide bonds. The molecule has 0 saturated heterocycles. The first-order valence-corrected chi connectivity index (χ1v) is 5.33. The fourth-order valence-corrected chi connectivity index (χ4v) is 2.09. The van der Waals surface area contributed by atoms with Gasteiger partial charge in [-0.15, -0.1) is 0 Å². The maximum atomic E-state index is 4.31. The molecule has 62 valence electrons. The summed E-state index contributed by atoms with van der Waals surface area (Å²) in [6.07, 6.45) is 2.03. The van der Waals surface area contributed by atoms with E-state index in [0.29, 0.717) is 0 Å². The molecule has 2 nitrogen and oxygen atoms in total. The van der Waals surface area contributed by atoms with Crippen LogP contribution in [-0.2, 0) is 7.05 Å². The second-order valence-corrected chi connectivity index (χ2v) is 4.53. The van der Waals surface area contributed by atoms with E-state index >= 15 is 0 Å². The number of hydrogen-bond donors (Lipinski definition) is 0. The van der Waals surface area contributed by atoms with Crippen LogP contribution in [0.15, 0.2) is 22.8 Å². The largest absolute Gasteiger partial charge is 0.275 e. The van der Waals surface area contributed by atoms with E-state index in [0.717, 1.165) is 9.99 Å². The number of benzene rings is 1. The van der Waals surface area contributed by atoms with Gasteiger partial charge in [0.2, 0.25) is 0 Å². The molecular formula is C8H6BrIN2. The minimum Gasteiger partial charge on any atom is -0.275 e. The van der Waals surface area contributed by atoms with Crippen molar-refractivity contribution in [3.63, 3.8) is 0 Å². The summed E-state index contributed by atoms with van der Waals surface area (Å²) in [5, 5.41) is 5.51. The smallest absolute Gasteiger partial charge is 0.0934 e. The zero-order chi connectivity index (χ0) is 8.72. The topological polar surface area (TPSA) is 17.8 Å². The lowest BCUT2D eigenvalue weighted by Crippen LogP contribution is -1.84. The number of aromatic nitrogens is 2. The highest BCUT2D eigenvalue weighted by Crippen LogP contribution is 2.26. The number of fused-ring (bicyclic) bond motifs is 1. The molecule has 0 N–H and O–H groups in total. The molecule has 0 spiro atoms. The van der Waals surface area contributed by atoms with Crippen molar-refractivity contribution in [2.75, 3.05) is 0 Å². The molecule has 0 bridgehead atoms. The molecule has 0 aliphatic carbocycles. The van der Waals surface area contributed by atoms with Crippen LogP contribution in [0.5, 0.6) is 0 Å². The van der Waals surface area contributed by atoms with Gasteiger partial charge in [-0.1, -0.05) is 0 Å². The first-order chi connectivity index (χ1) is 5.68. The van der Waals surface area contributed by atoms with Crippen LogP contribution in [0.1, 0.15) is 0 Å². The highest BCUT2D eigenvalue weighted by Gasteiger charge is 2.04. The molecule has 0 unspecified atom stereocenters. The first-order valence-electron chi connectivity index (χ1n) is 3.46. The fourth-order valence-electron chi connectivity index (χ4n) is 1.15. The van der Waals surface area contributed by atoms with Gasteiger partial charge in [0, 0.05) is 26.7 Å². The highest BCUT2D eigenvalue weighted by molar-refractivity contribution is 14.1. The summed E-state index contributed by atoms with van der Waals surface area (Å²) in [6.45, 7) is 0. The van der Waals surface area contributed by atoms with E-state index < -0.39 is 0 Å². The van der Waals surface area contributed by atoms with Gasteiger partial charge in [0.05, 0.1) is 5.52 Å². The van der Waals surface area contributed by atoms with Gasteiger partial charge in [0.1, 0.15) is 0 Å². The van der Waals surface area contributed by atoms with E-state index in [-0.39, 0.29) is 0 Å². The maximum absolute atomic E-state index is 4.31. The number of rotatable bonds is 0. The molecule has 4 heteroatoms. The predicted octanol–water partition coefficient (Wildman–Crippen LogP) is 2.94. The summed E-state index contributed by atoms with van der Waals surface area (Å²) in [6, 6.07) is 4.04. The zero-order valence-corrected chi connectivity index (χ0v) is 10.1. The Bertz CT molecular complexity index is 436. The Balaban J connectivity index is 2.89. The molecule has 0 atom stereocenters. The van der Waals surface area contributed by atoms with Crippen molar-refractivity contribution < 1.29 is 0 Å². The fraction of sp³-hybridized carbons (Fsp3) is 0.125. The SMILES string of the molecule is Cn1cc2c(I)c(Br)ccc2n1. The third-order valence-corrected chi connectivity index (χ3v) is 4.26. The molecule has 2 aromatic rings. The van der Waals surface area contributed by atoms with Crippen LogP contribution in [0, 0.1) is 3.57 Å². The third kappa shape index (κ3) is 1.26. The van der Waals surface area contributed by atoms with Gasteiger partial charge in [-0.2, -0.15) is 5.10 Å². The van der Waals surface area contributed by atoms with Crippen LogP contribution in [0.4, 0.5) is 0 Å². The molecule has 0 radical (unpaired) electrons. The Labute approximate surface area is 92.2 Å². The van der Waals surface area contributed by atoms with E-state index in [1.807, 2.05) is 30.1 Å². The van der Waals surface area contributed by atoms with Crippen LogP contribution in [0.25, 0.3) is 10.9 Å². The van der Waals surface area contributed by atoms with Crippen LogP contribution in [0.2, 0.25) is 0 Å². The maximum Gasteiger partial charge on any atom is 0.0934 e. The lowest BCUT2D eigenvalue weighted by atomic mass is 10.3. The Morgan fingerprint density at radius 1 is 1.50 bits per heavy atom. The molecule has 0 aliphatic heterocycles. The van der Waals surface area contributed by atoms with Crippen LogP contribution in [0.3, 0.4) is 0 Å². The van der Waals surface area contributed by atoms with Crippen LogP contribution < -0.4 is 0 Å². The van der Waals surface area contributed by atoms with Crippen LogP contribution in [-0.4, -0.2) is 9.78 Å². The Morgan fingerprint density at radius 2 is 2.25 bits per heavy atom. The average Bonchev–Trinajstić information content (AvgIpc) is 2.39. The molecule has 12 heavy (non-hydrogen) atoms. The Kier molecular flexibility index (Phi) is 2.12. The predicted molar refractivity (Wildman–Crippen MR) is 61.1 cm³/mol. The van der Waals surface area contributed by atoms with E-state index in [9.17, 15) is 0 Å². The molecule has 1 aromatic carbocycles. The molecule has 0 aliphatic rings. The van der Waals surface area contributed by atoms with Crippen molar-refractivity contribution in [1.29, 1.82) is 0 Å². The standard InChI is InChI=1S/C8H6BrIN2/c1-12-4-5-7(11-12)3-2-6(9)8(5)10/h2-4H,1H3. The van der Waals surface area contributed by atoms with Gasteiger partial charge >= 0.3 is 0 Å². The van der Waals surface area contributed by atoms with Crippen molar-refractivity contribution in [3.05, 3.63) is 26.4 Å². The molecule has 0 saturated carbocycles. The van der Waals surface area contributed by atoms with Gasteiger partial charge in [-0.05, 0) is 50.7 Å². The number of halogens is 2. The normalized spacial score (nSPS) is 10.9. The quantitative estimate of drug-likeness (QED) is 0.676. The summed E-state index contributed by atoms with van der Waals surface area (Å²) in [5.41, 5.74) is 1.05. The molecule has 1 heterocycles. The van der Waals surface area contributed by atoms with Crippen molar-refractivity contribution >= 4 is 49.4 Å². The monoisotopic (exact) mass is 336 g/mol. The van der Waals surface area contributed by atoms with Crippen molar-refractivity contribution in [2.45, 2.75) is 0 Å². The lowest BCUT2D eigenvalue weighted by molar-refractivity contribution is 0.779. The summed E-state index contributed by atoms with van der Waals surface area (Å²) in [4.78, 5) is 0. The molecule has 2 rings (SSSR count). The van der Waals surface area contributed by atoms with Gasteiger partial charge < -0.3 is 0 Å². The highest BCUT2D eigenvalue weighted by atomic mass is 127. The second-order valence-electron chi connectivity index (χ2n) is 2.60. The van der Waals surface area contributed by atoms with Crippen molar-refractivity contribution in [1.82, 2.24) is 9.78 Å². The minimum atomic E-state index is 1.05. The summed E-state index contributed by atoms with van der Waals surface area (Å²) in [7, 11) is 1.93. The summed E-state index contributed by atoms with van der Waals surface area (Å²) >= 11 is 5.80. The second kappa shape index (κ2) is 2.99. The summed E-state index contributed by atoms with van der Waals surface area (Å²) in [5.74, 6) is 0. The summed E-state index contributed by atoms with van der Waals surface area (Å²) < 4.78 is 4.18. The molecule has 0 fully saturated rings.